The summed E-state index contributed by atoms with van der Waals surface area (Å²) < 4.78 is 32.2. The lowest BCUT2D eigenvalue weighted by molar-refractivity contribution is -0.131. The molecule has 0 aliphatic carbocycles. The molecule has 3 atom stereocenters. The minimum Gasteiger partial charge on any atom is -0.394 e. The normalized spacial score (nSPS) is 21.1. The van der Waals surface area contributed by atoms with Crippen molar-refractivity contribution >= 4 is 11.8 Å². The lowest BCUT2D eigenvalue weighted by Crippen LogP contribution is -2.51. The molecule has 0 unspecified atom stereocenters. The number of carbonyl (C=O) groups excluding carboxylic acids is 2. The van der Waals surface area contributed by atoms with Crippen LogP contribution in [0.5, 0.6) is 0 Å². The number of carbonyl (C=O) groups is 2. The SMILES string of the molecule is O=C(C[C@H]1CC[C@@H](NC(=O)c2ccccn2)[C@@H](CO)O1)NCc1cc(F)cc(F)c1. The van der Waals surface area contributed by atoms with E-state index in [4.69, 9.17) is 4.74 Å². The second-order valence-electron chi connectivity index (χ2n) is 7.11. The van der Waals surface area contributed by atoms with Crippen LogP contribution < -0.4 is 10.6 Å². The molecule has 2 aromatic rings. The number of halogens is 2. The topological polar surface area (TPSA) is 101 Å². The molecule has 7 nitrogen and oxygen atoms in total. The van der Waals surface area contributed by atoms with E-state index in [1.807, 2.05) is 0 Å². The van der Waals surface area contributed by atoms with Crippen molar-refractivity contribution in [3.8, 4) is 0 Å². The van der Waals surface area contributed by atoms with Crippen LogP contribution >= 0.6 is 0 Å². The molecule has 160 valence electrons. The second-order valence-corrected chi connectivity index (χ2v) is 7.11. The van der Waals surface area contributed by atoms with Gasteiger partial charge in [0.15, 0.2) is 0 Å². The van der Waals surface area contributed by atoms with Gasteiger partial charge in [0.05, 0.1) is 25.2 Å². The molecule has 1 fully saturated rings. The Labute approximate surface area is 172 Å². The first-order valence-corrected chi connectivity index (χ1v) is 9.64. The van der Waals surface area contributed by atoms with Crippen LogP contribution in [0.1, 0.15) is 35.3 Å². The van der Waals surface area contributed by atoms with Crippen LogP contribution in [0.3, 0.4) is 0 Å². The van der Waals surface area contributed by atoms with E-state index in [0.717, 1.165) is 18.2 Å². The number of aliphatic hydroxyl groups excluding tert-OH is 1. The quantitative estimate of drug-likeness (QED) is 0.634. The van der Waals surface area contributed by atoms with Crippen molar-refractivity contribution in [3.63, 3.8) is 0 Å². The third kappa shape index (κ3) is 6.04. The number of hydrogen-bond acceptors (Lipinski definition) is 5. The third-order valence-electron chi connectivity index (χ3n) is 4.83. The number of nitrogens with one attached hydrogen (secondary N) is 2. The zero-order valence-electron chi connectivity index (χ0n) is 16.2. The molecule has 9 heteroatoms. The van der Waals surface area contributed by atoms with E-state index >= 15 is 0 Å². The van der Waals surface area contributed by atoms with Crippen molar-refractivity contribution in [1.29, 1.82) is 0 Å². The van der Waals surface area contributed by atoms with Gasteiger partial charge in [0.25, 0.3) is 5.91 Å². The van der Waals surface area contributed by atoms with E-state index in [9.17, 15) is 23.5 Å². The van der Waals surface area contributed by atoms with Crippen LogP contribution in [0, 0.1) is 11.6 Å². The number of aliphatic hydroxyl groups is 1. The fourth-order valence-corrected chi connectivity index (χ4v) is 3.38. The number of ether oxygens (including phenoxy) is 1. The zero-order valence-corrected chi connectivity index (χ0v) is 16.2. The van der Waals surface area contributed by atoms with E-state index in [0.29, 0.717) is 18.4 Å². The minimum absolute atomic E-state index is 0.00752. The lowest BCUT2D eigenvalue weighted by atomic mass is 9.96. The zero-order chi connectivity index (χ0) is 21.5. The van der Waals surface area contributed by atoms with Crippen molar-refractivity contribution < 1.29 is 28.2 Å². The Hall–Kier alpha value is -2.91. The Morgan fingerprint density at radius 3 is 2.60 bits per heavy atom. The molecule has 0 saturated carbocycles. The maximum absolute atomic E-state index is 13.2. The highest BCUT2D eigenvalue weighted by molar-refractivity contribution is 5.92. The number of pyridine rings is 1. The van der Waals surface area contributed by atoms with Crippen LogP contribution in [-0.4, -0.2) is 46.8 Å². The van der Waals surface area contributed by atoms with E-state index in [1.54, 1.807) is 18.2 Å². The van der Waals surface area contributed by atoms with Gasteiger partial charge in [-0.2, -0.15) is 0 Å². The molecular weight excluding hydrogens is 396 g/mol. The molecule has 0 spiro atoms. The summed E-state index contributed by atoms with van der Waals surface area (Å²) in [6, 6.07) is 7.66. The van der Waals surface area contributed by atoms with Gasteiger partial charge in [-0.3, -0.25) is 14.6 Å². The third-order valence-corrected chi connectivity index (χ3v) is 4.83. The first-order valence-electron chi connectivity index (χ1n) is 9.64. The predicted molar refractivity (Wildman–Crippen MR) is 103 cm³/mol. The Morgan fingerprint density at radius 2 is 1.93 bits per heavy atom. The van der Waals surface area contributed by atoms with Crippen LogP contribution in [-0.2, 0) is 16.1 Å². The van der Waals surface area contributed by atoms with Gasteiger partial charge in [-0.25, -0.2) is 8.78 Å². The monoisotopic (exact) mass is 419 g/mol. The number of rotatable bonds is 7. The molecule has 2 amide bonds. The average Bonchev–Trinajstić information content (AvgIpc) is 2.73. The Morgan fingerprint density at radius 1 is 1.17 bits per heavy atom. The highest BCUT2D eigenvalue weighted by Gasteiger charge is 2.33. The smallest absolute Gasteiger partial charge is 0.270 e. The summed E-state index contributed by atoms with van der Waals surface area (Å²) in [6.45, 7) is -0.319. The molecular formula is C21H23F2N3O4. The summed E-state index contributed by atoms with van der Waals surface area (Å²) in [4.78, 5) is 28.4. The Balaban J connectivity index is 1.48. The van der Waals surface area contributed by atoms with Crippen molar-refractivity contribution in [2.45, 2.75) is 44.1 Å². The van der Waals surface area contributed by atoms with Gasteiger partial charge in [0, 0.05) is 18.8 Å². The first kappa shape index (κ1) is 21.8. The molecule has 1 aliphatic heterocycles. The molecule has 2 heterocycles. The van der Waals surface area contributed by atoms with E-state index < -0.39 is 29.9 Å². The fourth-order valence-electron chi connectivity index (χ4n) is 3.38. The standard InChI is InChI=1S/C21H23F2N3O4/c22-14-7-13(8-15(23)9-14)11-25-20(28)10-16-4-5-17(19(12-27)30-16)26-21(29)18-3-1-2-6-24-18/h1-3,6-9,16-17,19,27H,4-5,10-12H2,(H,25,28)(H,26,29)/t16-,17-,19-/m1/s1. The van der Waals surface area contributed by atoms with Gasteiger partial charge in [-0.15, -0.1) is 0 Å². The highest BCUT2D eigenvalue weighted by atomic mass is 19.1. The summed E-state index contributed by atoms with van der Waals surface area (Å²) in [5.74, 6) is -2.11. The van der Waals surface area contributed by atoms with Crippen LogP contribution in [0.15, 0.2) is 42.6 Å². The fraction of sp³-hybridized carbons (Fsp3) is 0.381. The van der Waals surface area contributed by atoms with Crippen molar-refractivity contribution in [3.05, 3.63) is 65.5 Å². The molecule has 3 N–H and O–H groups in total. The Bertz CT molecular complexity index is 862. The molecule has 1 saturated heterocycles. The van der Waals surface area contributed by atoms with Crippen LogP contribution in [0.4, 0.5) is 8.78 Å². The van der Waals surface area contributed by atoms with Crippen molar-refractivity contribution in [2.75, 3.05) is 6.61 Å². The predicted octanol–water partition coefficient (Wildman–Crippen LogP) is 1.70. The van der Waals surface area contributed by atoms with Crippen molar-refractivity contribution in [1.82, 2.24) is 15.6 Å². The number of benzene rings is 1. The number of hydrogen-bond donors (Lipinski definition) is 3. The molecule has 1 aromatic heterocycles. The summed E-state index contributed by atoms with van der Waals surface area (Å²) >= 11 is 0. The lowest BCUT2D eigenvalue weighted by Gasteiger charge is -2.35. The molecule has 0 radical (unpaired) electrons. The van der Waals surface area contributed by atoms with Gasteiger partial charge in [-0.1, -0.05) is 6.07 Å². The molecule has 1 aliphatic rings. The largest absolute Gasteiger partial charge is 0.394 e. The molecule has 1 aromatic carbocycles. The van der Waals surface area contributed by atoms with Crippen LogP contribution in [0.25, 0.3) is 0 Å². The molecule has 3 rings (SSSR count). The van der Waals surface area contributed by atoms with E-state index in [-0.39, 0.29) is 37.1 Å². The summed E-state index contributed by atoms with van der Waals surface area (Å²) in [7, 11) is 0. The van der Waals surface area contributed by atoms with Gasteiger partial charge in [-0.05, 0) is 42.7 Å². The second kappa shape index (κ2) is 10.2. The summed E-state index contributed by atoms with van der Waals surface area (Å²) in [5, 5.41) is 15.1. The average molecular weight is 419 g/mol. The number of aromatic nitrogens is 1. The maximum atomic E-state index is 13.2. The highest BCUT2D eigenvalue weighted by Crippen LogP contribution is 2.22. The number of amides is 2. The van der Waals surface area contributed by atoms with Crippen LogP contribution in [0.2, 0.25) is 0 Å². The minimum atomic E-state index is -0.709. The van der Waals surface area contributed by atoms with Gasteiger partial charge in [0.1, 0.15) is 23.4 Å². The van der Waals surface area contributed by atoms with Gasteiger partial charge >= 0.3 is 0 Å². The maximum Gasteiger partial charge on any atom is 0.270 e. The summed E-state index contributed by atoms with van der Waals surface area (Å²) in [6.07, 6.45) is 1.50. The van der Waals surface area contributed by atoms with Gasteiger partial charge in [0.2, 0.25) is 5.91 Å². The van der Waals surface area contributed by atoms with Crippen molar-refractivity contribution in [2.24, 2.45) is 0 Å². The number of nitrogens with zero attached hydrogens (tertiary/aromatic N) is 1. The van der Waals surface area contributed by atoms with Gasteiger partial charge < -0.3 is 20.5 Å². The van der Waals surface area contributed by atoms with E-state index in [2.05, 4.69) is 15.6 Å². The summed E-state index contributed by atoms with van der Waals surface area (Å²) in [5.41, 5.74) is 0.584. The molecule has 0 bridgehead atoms. The first-order chi connectivity index (χ1) is 14.4. The molecule has 30 heavy (non-hydrogen) atoms. The van der Waals surface area contributed by atoms with E-state index in [1.165, 1.54) is 6.20 Å². The Kier molecular flexibility index (Phi) is 7.42.